The van der Waals surface area contributed by atoms with Gasteiger partial charge in [-0.3, -0.25) is 0 Å². The maximum atomic E-state index is 11.6. The number of methoxy groups -OCH3 is 1. The van der Waals surface area contributed by atoms with Crippen LogP contribution in [-0.2, 0) is 23.5 Å². The topological polar surface area (TPSA) is 99.2 Å². The molecule has 0 amide bonds. The predicted octanol–water partition coefficient (Wildman–Crippen LogP) is 2.52. The fourth-order valence-corrected chi connectivity index (χ4v) is 3.75. The molecule has 0 unspecified atom stereocenters. The number of nitrogens with two attached hydrogens (primary N) is 1. The van der Waals surface area contributed by atoms with Crippen LogP contribution in [0, 0.1) is 6.92 Å². The van der Waals surface area contributed by atoms with Crippen LogP contribution in [0.3, 0.4) is 0 Å². The van der Waals surface area contributed by atoms with E-state index < -0.39 is 10.0 Å². The van der Waals surface area contributed by atoms with Crippen molar-refractivity contribution in [1.29, 1.82) is 0 Å². The third-order valence-corrected chi connectivity index (χ3v) is 5.48. The lowest BCUT2D eigenvalue weighted by atomic mass is 10.1. The number of hydrogen-bond acceptors (Lipinski definition) is 5. The average Bonchev–Trinajstić information content (AvgIpc) is 2.89. The molecule has 1 aromatic heterocycles. The maximum absolute atomic E-state index is 11.6. The number of nitrogens with zero attached hydrogens (tertiary/aromatic N) is 2. The van der Waals surface area contributed by atoms with E-state index >= 15 is 0 Å². The number of primary sulfonamides is 1. The van der Waals surface area contributed by atoms with Crippen molar-refractivity contribution in [2.24, 2.45) is 12.2 Å². The van der Waals surface area contributed by atoms with Crippen LogP contribution >= 0.6 is 12.2 Å². The summed E-state index contributed by atoms with van der Waals surface area (Å²) in [6.07, 6.45) is 0.301. The first-order chi connectivity index (χ1) is 12.7. The Bertz CT molecular complexity index is 1140. The number of anilines is 1. The smallest absolute Gasteiger partial charge is 0.238 e. The number of hydrogen-bond donors (Lipinski definition) is 2. The largest absolute Gasteiger partial charge is 0.496 e. The molecule has 7 nitrogen and oxygen atoms in total. The monoisotopic (exact) mass is 404 g/mol. The van der Waals surface area contributed by atoms with Crippen molar-refractivity contribution in [1.82, 2.24) is 9.55 Å². The molecule has 3 aromatic rings. The SMILES string of the molecule is COc1ccc(S(N)(=O)=O)cc1CC(=S)Nc1cccc2nc(C)n(C)c12. The number of nitrogens with one attached hydrogen (secondary N) is 1. The van der Waals surface area contributed by atoms with E-state index in [9.17, 15) is 8.42 Å². The summed E-state index contributed by atoms with van der Waals surface area (Å²) in [6, 6.07) is 10.2. The Labute approximate surface area is 163 Å². The van der Waals surface area contributed by atoms with Gasteiger partial charge in [0.05, 0.1) is 33.7 Å². The second-order valence-electron chi connectivity index (χ2n) is 6.13. The zero-order valence-corrected chi connectivity index (χ0v) is 16.8. The van der Waals surface area contributed by atoms with Crippen molar-refractivity contribution in [2.75, 3.05) is 12.4 Å². The number of para-hydroxylation sites is 1. The van der Waals surface area contributed by atoms with Gasteiger partial charge < -0.3 is 14.6 Å². The molecule has 2 aromatic carbocycles. The number of rotatable bonds is 5. The molecular weight excluding hydrogens is 384 g/mol. The molecule has 27 heavy (non-hydrogen) atoms. The van der Waals surface area contributed by atoms with Gasteiger partial charge in [0.15, 0.2) is 0 Å². The lowest BCUT2D eigenvalue weighted by Gasteiger charge is -2.13. The molecule has 3 N–H and O–H groups in total. The number of imidazole rings is 1. The normalized spacial score (nSPS) is 11.6. The van der Waals surface area contributed by atoms with Crippen LogP contribution in [0.1, 0.15) is 11.4 Å². The standard InChI is InChI=1S/C18H20N4O3S2/c1-11-20-14-5-4-6-15(18(14)22(11)2)21-17(26)10-12-9-13(27(19,23)24)7-8-16(12)25-3/h4-9H,10H2,1-3H3,(H,21,26)(H2,19,23,24). The van der Waals surface area contributed by atoms with Gasteiger partial charge in [-0.25, -0.2) is 18.5 Å². The van der Waals surface area contributed by atoms with E-state index in [0.717, 1.165) is 22.5 Å². The zero-order chi connectivity index (χ0) is 19.8. The number of sulfonamides is 1. The van der Waals surface area contributed by atoms with Crippen LogP contribution < -0.4 is 15.2 Å². The molecule has 9 heteroatoms. The number of thiocarbonyl (C=S) groups is 1. The molecule has 0 aliphatic carbocycles. The predicted molar refractivity (Wildman–Crippen MR) is 110 cm³/mol. The minimum absolute atomic E-state index is 0.0189. The Kier molecular flexibility index (Phi) is 5.18. The highest BCUT2D eigenvalue weighted by Gasteiger charge is 2.15. The summed E-state index contributed by atoms with van der Waals surface area (Å²) < 4.78 is 30.6. The van der Waals surface area contributed by atoms with Gasteiger partial charge in [-0.15, -0.1) is 0 Å². The number of fused-ring (bicyclic) bond motifs is 1. The van der Waals surface area contributed by atoms with Crippen molar-refractivity contribution in [2.45, 2.75) is 18.2 Å². The summed E-state index contributed by atoms with van der Waals surface area (Å²) in [4.78, 5) is 5.05. The van der Waals surface area contributed by atoms with Gasteiger partial charge in [0.25, 0.3) is 0 Å². The third kappa shape index (κ3) is 3.95. The van der Waals surface area contributed by atoms with Gasteiger partial charge in [-0.05, 0) is 37.3 Å². The molecule has 0 spiro atoms. The fraction of sp³-hybridized carbons (Fsp3) is 0.222. The molecular formula is C18H20N4O3S2. The van der Waals surface area contributed by atoms with Gasteiger partial charge >= 0.3 is 0 Å². The molecule has 0 saturated heterocycles. The van der Waals surface area contributed by atoms with Crippen LogP contribution in [0.5, 0.6) is 5.75 Å². The molecule has 0 aliphatic heterocycles. The maximum Gasteiger partial charge on any atom is 0.238 e. The van der Waals surface area contributed by atoms with Crippen LogP contribution in [0.4, 0.5) is 5.69 Å². The lowest BCUT2D eigenvalue weighted by molar-refractivity contribution is 0.410. The van der Waals surface area contributed by atoms with Crippen molar-refractivity contribution < 1.29 is 13.2 Å². The van der Waals surface area contributed by atoms with Crippen molar-refractivity contribution in [3.8, 4) is 5.75 Å². The highest BCUT2D eigenvalue weighted by atomic mass is 32.2. The summed E-state index contributed by atoms with van der Waals surface area (Å²) >= 11 is 5.50. The number of aryl methyl sites for hydroxylation is 2. The van der Waals surface area contributed by atoms with E-state index in [1.54, 1.807) is 6.07 Å². The first-order valence-electron chi connectivity index (χ1n) is 8.12. The quantitative estimate of drug-likeness (QED) is 0.634. The summed E-state index contributed by atoms with van der Waals surface area (Å²) in [6.45, 7) is 1.94. The number of benzene rings is 2. The van der Waals surface area contributed by atoms with Crippen LogP contribution in [0.25, 0.3) is 11.0 Å². The molecule has 0 bridgehead atoms. The van der Waals surface area contributed by atoms with Gasteiger partial charge in [0.2, 0.25) is 10.0 Å². The minimum Gasteiger partial charge on any atom is -0.496 e. The van der Waals surface area contributed by atoms with Gasteiger partial charge in [-0.2, -0.15) is 0 Å². The summed E-state index contributed by atoms with van der Waals surface area (Å²) in [5.74, 6) is 1.44. The van der Waals surface area contributed by atoms with Gasteiger partial charge in [0.1, 0.15) is 11.6 Å². The molecule has 0 aliphatic rings. The Balaban J connectivity index is 1.91. The molecule has 142 valence electrons. The third-order valence-electron chi connectivity index (χ3n) is 4.32. The Morgan fingerprint density at radius 3 is 2.74 bits per heavy atom. The van der Waals surface area contributed by atoms with E-state index in [-0.39, 0.29) is 4.90 Å². The minimum atomic E-state index is -3.81. The van der Waals surface area contributed by atoms with Crippen molar-refractivity contribution >= 4 is 44.0 Å². The van der Waals surface area contributed by atoms with Crippen LogP contribution in [-0.4, -0.2) is 30.1 Å². The Morgan fingerprint density at radius 1 is 1.33 bits per heavy atom. The highest BCUT2D eigenvalue weighted by molar-refractivity contribution is 7.89. The Hall–Kier alpha value is -2.49. The van der Waals surface area contributed by atoms with Gasteiger partial charge in [-0.1, -0.05) is 18.3 Å². The molecule has 0 fully saturated rings. The van der Waals surface area contributed by atoms with E-state index in [1.807, 2.05) is 36.7 Å². The first-order valence-corrected chi connectivity index (χ1v) is 10.1. The first kappa shape index (κ1) is 19.3. The van der Waals surface area contributed by atoms with E-state index in [0.29, 0.717) is 22.7 Å². The van der Waals surface area contributed by atoms with Crippen LogP contribution in [0.2, 0.25) is 0 Å². The molecule has 3 rings (SSSR count). The second-order valence-corrected chi connectivity index (χ2v) is 8.19. The average molecular weight is 405 g/mol. The van der Waals surface area contributed by atoms with Crippen LogP contribution in [0.15, 0.2) is 41.3 Å². The number of aromatic nitrogens is 2. The van der Waals surface area contributed by atoms with E-state index in [2.05, 4.69) is 10.3 Å². The lowest BCUT2D eigenvalue weighted by Crippen LogP contribution is -2.16. The molecule has 0 atom stereocenters. The van der Waals surface area contributed by atoms with Crippen molar-refractivity contribution in [3.05, 3.63) is 47.8 Å². The number of ether oxygens (including phenoxy) is 1. The summed E-state index contributed by atoms with van der Waals surface area (Å²) in [5, 5.41) is 8.46. The zero-order valence-electron chi connectivity index (χ0n) is 15.2. The second kappa shape index (κ2) is 7.26. The van der Waals surface area contributed by atoms with E-state index in [4.69, 9.17) is 22.1 Å². The molecule has 1 heterocycles. The van der Waals surface area contributed by atoms with Crippen molar-refractivity contribution in [3.63, 3.8) is 0 Å². The van der Waals surface area contributed by atoms with E-state index in [1.165, 1.54) is 19.2 Å². The highest BCUT2D eigenvalue weighted by Crippen LogP contribution is 2.26. The summed E-state index contributed by atoms with van der Waals surface area (Å²) in [5.41, 5.74) is 3.29. The fourth-order valence-electron chi connectivity index (χ4n) is 2.92. The molecule has 0 radical (unpaired) electrons. The van der Waals surface area contributed by atoms with Gasteiger partial charge in [0, 0.05) is 19.0 Å². The summed E-state index contributed by atoms with van der Waals surface area (Å²) in [7, 11) is -0.347. The Morgan fingerprint density at radius 2 is 2.07 bits per heavy atom. The molecule has 0 saturated carbocycles.